The first kappa shape index (κ1) is 13.7. The van der Waals surface area contributed by atoms with Gasteiger partial charge in [-0.1, -0.05) is 26.7 Å². The van der Waals surface area contributed by atoms with E-state index in [1.165, 1.54) is 0 Å². The lowest BCUT2D eigenvalue weighted by Crippen LogP contribution is -2.31. The molecule has 94 valence electrons. The molecule has 1 aliphatic heterocycles. The monoisotopic (exact) mass is 228 g/mol. The van der Waals surface area contributed by atoms with Crippen molar-refractivity contribution in [2.24, 2.45) is 11.8 Å². The fraction of sp³-hybridized carbons (Fsp3) is 0.923. The molecule has 0 spiro atoms. The van der Waals surface area contributed by atoms with Gasteiger partial charge in [-0.2, -0.15) is 0 Å². The van der Waals surface area contributed by atoms with Gasteiger partial charge in [0.05, 0.1) is 0 Å². The predicted molar refractivity (Wildman–Crippen MR) is 63.2 cm³/mol. The van der Waals surface area contributed by atoms with Gasteiger partial charge in [-0.15, -0.1) is 0 Å². The topological polar surface area (TPSA) is 46.5 Å². The van der Waals surface area contributed by atoms with Crippen LogP contribution in [0.1, 0.15) is 46.0 Å². The van der Waals surface area contributed by atoms with Crippen LogP contribution < -0.4 is 0 Å². The van der Waals surface area contributed by atoms with E-state index < -0.39 is 6.10 Å². The maximum absolute atomic E-state index is 11.9. The molecule has 0 aromatic heterocycles. The number of ether oxygens (including phenoxy) is 1. The second-order valence-electron chi connectivity index (χ2n) is 4.75. The Balaban J connectivity index is 2.37. The van der Waals surface area contributed by atoms with Crippen molar-refractivity contribution in [1.29, 1.82) is 0 Å². The molecule has 0 aliphatic carbocycles. The van der Waals surface area contributed by atoms with Crippen molar-refractivity contribution in [2.75, 3.05) is 13.2 Å². The number of rotatable bonds is 6. The zero-order chi connectivity index (χ0) is 12.0. The Bertz CT molecular complexity index is 205. The minimum Gasteiger partial charge on any atom is -0.385 e. The van der Waals surface area contributed by atoms with E-state index in [0.29, 0.717) is 12.3 Å². The largest absolute Gasteiger partial charge is 0.385 e. The highest BCUT2D eigenvalue weighted by Crippen LogP contribution is 2.22. The minimum absolute atomic E-state index is 0.0283. The lowest BCUT2D eigenvalue weighted by Gasteiger charge is -2.24. The van der Waals surface area contributed by atoms with Gasteiger partial charge in [0.25, 0.3) is 0 Å². The van der Waals surface area contributed by atoms with Crippen molar-refractivity contribution >= 4 is 5.78 Å². The summed E-state index contributed by atoms with van der Waals surface area (Å²) < 4.78 is 5.26. The van der Waals surface area contributed by atoms with Gasteiger partial charge in [-0.3, -0.25) is 4.79 Å². The van der Waals surface area contributed by atoms with Crippen LogP contribution in [0.2, 0.25) is 0 Å². The van der Waals surface area contributed by atoms with Crippen LogP contribution in [-0.2, 0) is 9.53 Å². The van der Waals surface area contributed by atoms with E-state index in [2.05, 4.69) is 0 Å². The average molecular weight is 228 g/mol. The summed E-state index contributed by atoms with van der Waals surface area (Å²) in [5, 5.41) is 9.93. The van der Waals surface area contributed by atoms with Gasteiger partial charge in [-0.05, 0) is 24.7 Å². The summed E-state index contributed by atoms with van der Waals surface area (Å²) in [6.07, 6.45) is 3.44. The molecule has 0 bridgehead atoms. The number of Topliss-reactive ketones (excluding diaryl/α,β-unsaturated/α-hetero) is 1. The Morgan fingerprint density at radius 2 is 1.88 bits per heavy atom. The number of carbonyl (C=O) groups is 1. The smallest absolute Gasteiger partial charge is 0.161 e. The lowest BCUT2D eigenvalue weighted by atomic mass is 9.87. The summed E-state index contributed by atoms with van der Waals surface area (Å²) in [6.45, 7) is 5.58. The van der Waals surface area contributed by atoms with Crippen LogP contribution in [-0.4, -0.2) is 30.2 Å². The number of aliphatic hydroxyl groups excluding tert-OH is 1. The normalized spacial score (nSPS) is 20.0. The quantitative estimate of drug-likeness (QED) is 0.758. The summed E-state index contributed by atoms with van der Waals surface area (Å²) in [7, 11) is 0. The summed E-state index contributed by atoms with van der Waals surface area (Å²) in [5.74, 6) is 0.582. The molecule has 1 saturated heterocycles. The first-order valence-corrected chi connectivity index (χ1v) is 6.47. The van der Waals surface area contributed by atoms with E-state index in [0.717, 1.165) is 38.9 Å². The zero-order valence-corrected chi connectivity index (χ0v) is 10.4. The van der Waals surface area contributed by atoms with Crippen molar-refractivity contribution in [3.05, 3.63) is 0 Å². The summed E-state index contributed by atoms with van der Waals surface area (Å²) in [5.41, 5.74) is 0. The molecule has 1 rings (SSSR count). The Hall–Kier alpha value is -0.410. The molecule has 1 N–H and O–H groups in total. The van der Waals surface area contributed by atoms with Crippen LogP contribution >= 0.6 is 0 Å². The van der Waals surface area contributed by atoms with Gasteiger partial charge in [0.1, 0.15) is 6.10 Å². The van der Waals surface area contributed by atoms with Gasteiger partial charge < -0.3 is 9.84 Å². The molecule has 0 aromatic carbocycles. The van der Waals surface area contributed by atoms with Gasteiger partial charge in [0, 0.05) is 19.6 Å². The number of ketones is 1. The van der Waals surface area contributed by atoms with Crippen molar-refractivity contribution in [2.45, 2.75) is 52.1 Å². The molecular formula is C13H24O3. The fourth-order valence-electron chi connectivity index (χ4n) is 2.35. The van der Waals surface area contributed by atoms with E-state index in [4.69, 9.17) is 4.74 Å². The Morgan fingerprint density at radius 3 is 2.38 bits per heavy atom. The van der Waals surface area contributed by atoms with Crippen LogP contribution in [0.25, 0.3) is 0 Å². The lowest BCUT2D eigenvalue weighted by molar-refractivity contribution is -0.131. The second kappa shape index (κ2) is 7.02. The SMILES string of the molecule is CCC(CC)C(O)C(=O)CC1CCOCC1. The molecule has 0 aromatic rings. The molecular weight excluding hydrogens is 204 g/mol. The van der Waals surface area contributed by atoms with Gasteiger partial charge in [0.15, 0.2) is 5.78 Å². The second-order valence-corrected chi connectivity index (χ2v) is 4.75. The van der Waals surface area contributed by atoms with Crippen LogP contribution in [0.5, 0.6) is 0 Å². The number of aliphatic hydroxyl groups is 1. The zero-order valence-electron chi connectivity index (χ0n) is 10.4. The molecule has 16 heavy (non-hydrogen) atoms. The van der Waals surface area contributed by atoms with Crippen molar-refractivity contribution in [1.82, 2.24) is 0 Å². The summed E-state index contributed by atoms with van der Waals surface area (Å²) in [6, 6.07) is 0. The highest BCUT2D eigenvalue weighted by atomic mass is 16.5. The number of hydrogen-bond acceptors (Lipinski definition) is 3. The van der Waals surface area contributed by atoms with E-state index in [1.54, 1.807) is 0 Å². The predicted octanol–water partition coefficient (Wildman–Crippen LogP) is 2.17. The number of carbonyl (C=O) groups excluding carboxylic acids is 1. The highest BCUT2D eigenvalue weighted by Gasteiger charge is 2.26. The summed E-state index contributed by atoms with van der Waals surface area (Å²) in [4.78, 5) is 11.9. The fourth-order valence-corrected chi connectivity index (χ4v) is 2.35. The van der Waals surface area contributed by atoms with Crippen LogP contribution in [0.4, 0.5) is 0 Å². The van der Waals surface area contributed by atoms with Crippen LogP contribution in [0.15, 0.2) is 0 Å². The standard InChI is InChI=1S/C13H24O3/c1-3-11(4-2)13(15)12(14)9-10-5-7-16-8-6-10/h10-11,13,15H,3-9H2,1-2H3. The third-order valence-electron chi connectivity index (χ3n) is 3.66. The van der Waals surface area contributed by atoms with Crippen LogP contribution in [0.3, 0.4) is 0 Å². The Morgan fingerprint density at radius 1 is 1.31 bits per heavy atom. The molecule has 0 saturated carbocycles. The van der Waals surface area contributed by atoms with E-state index >= 15 is 0 Å². The maximum Gasteiger partial charge on any atom is 0.161 e. The molecule has 1 heterocycles. The van der Waals surface area contributed by atoms with E-state index in [1.807, 2.05) is 13.8 Å². The molecule has 1 atom stereocenters. The third kappa shape index (κ3) is 3.87. The Kier molecular flexibility index (Phi) is 5.99. The first-order chi connectivity index (χ1) is 7.69. The minimum atomic E-state index is -0.752. The summed E-state index contributed by atoms with van der Waals surface area (Å²) >= 11 is 0. The molecule has 1 aliphatic rings. The van der Waals surface area contributed by atoms with Crippen molar-refractivity contribution in [3.63, 3.8) is 0 Å². The maximum atomic E-state index is 11.9. The Labute approximate surface area is 98.2 Å². The number of hydrogen-bond donors (Lipinski definition) is 1. The highest BCUT2D eigenvalue weighted by molar-refractivity contribution is 5.83. The van der Waals surface area contributed by atoms with E-state index in [-0.39, 0.29) is 11.7 Å². The van der Waals surface area contributed by atoms with Crippen LogP contribution in [0, 0.1) is 11.8 Å². The van der Waals surface area contributed by atoms with Gasteiger partial charge in [-0.25, -0.2) is 0 Å². The molecule has 3 nitrogen and oxygen atoms in total. The molecule has 0 amide bonds. The molecule has 1 unspecified atom stereocenters. The molecule has 3 heteroatoms. The molecule has 0 radical (unpaired) electrons. The van der Waals surface area contributed by atoms with Gasteiger partial charge in [0.2, 0.25) is 0 Å². The third-order valence-corrected chi connectivity index (χ3v) is 3.66. The van der Waals surface area contributed by atoms with Crippen molar-refractivity contribution in [3.8, 4) is 0 Å². The first-order valence-electron chi connectivity index (χ1n) is 6.47. The average Bonchev–Trinajstić information content (AvgIpc) is 2.31. The van der Waals surface area contributed by atoms with Gasteiger partial charge >= 0.3 is 0 Å². The molecule has 1 fully saturated rings. The van der Waals surface area contributed by atoms with Crippen molar-refractivity contribution < 1.29 is 14.6 Å². The van der Waals surface area contributed by atoms with E-state index in [9.17, 15) is 9.90 Å².